The van der Waals surface area contributed by atoms with E-state index in [9.17, 15) is 23.6 Å². The molecule has 8 nitrogen and oxygen atoms in total. The van der Waals surface area contributed by atoms with Crippen molar-refractivity contribution in [2.75, 3.05) is 25.1 Å². The highest BCUT2D eigenvalue weighted by Crippen LogP contribution is 2.33. The van der Waals surface area contributed by atoms with Crippen LogP contribution in [0.25, 0.3) is 0 Å². The molecule has 0 spiro atoms. The van der Waals surface area contributed by atoms with Gasteiger partial charge >= 0.3 is 5.97 Å². The van der Waals surface area contributed by atoms with Crippen LogP contribution in [0, 0.1) is 11.3 Å². The van der Waals surface area contributed by atoms with E-state index >= 15 is 0 Å². The fraction of sp³-hybridized carbons (Fsp3) is 0.176. The van der Waals surface area contributed by atoms with Crippen molar-refractivity contribution in [1.29, 1.82) is 5.26 Å². The summed E-state index contributed by atoms with van der Waals surface area (Å²) in [6, 6.07) is 9.60. The molecule has 10 heteroatoms. The predicted molar refractivity (Wildman–Crippen MR) is 97.9 cm³/mol. The van der Waals surface area contributed by atoms with Crippen molar-refractivity contribution in [1.82, 2.24) is 0 Å². The van der Waals surface area contributed by atoms with Gasteiger partial charge in [0.2, 0.25) is 0 Å². The van der Waals surface area contributed by atoms with Gasteiger partial charge in [0.15, 0.2) is 11.5 Å². The molecule has 0 fully saturated rings. The lowest BCUT2D eigenvalue weighted by atomic mass is 10.2. The summed E-state index contributed by atoms with van der Waals surface area (Å²) in [5, 5.41) is 18.7. The van der Waals surface area contributed by atoms with E-state index in [4.69, 9.17) is 21.1 Å². The van der Waals surface area contributed by atoms with Gasteiger partial charge in [0, 0.05) is 11.1 Å². The van der Waals surface area contributed by atoms with Crippen LogP contribution in [-0.4, -0.2) is 40.3 Å². The Kier molecular flexibility index (Phi) is 6.15. The molecule has 0 heterocycles. The number of benzene rings is 2. The highest BCUT2D eigenvalue weighted by atomic mass is 35.5. The molecule has 1 N–H and O–H groups in total. The SMILES string of the molecule is COc1ccc(S(=O)(=O)N(CC(=O)O)c2ccc(Cl)cc2C#N)cc1OC. The quantitative estimate of drug-likeness (QED) is 0.745. The van der Waals surface area contributed by atoms with Gasteiger partial charge in [0.25, 0.3) is 10.0 Å². The maximum Gasteiger partial charge on any atom is 0.324 e. The number of aliphatic carboxylic acids is 1. The fourth-order valence-electron chi connectivity index (χ4n) is 2.34. The van der Waals surface area contributed by atoms with Gasteiger partial charge in [-0.3, -0.25) is 9.10 Å². The maximum absolute atomic E-state index is 13.1. The minimum atomic E-state index is -4.33. The van der Waals surface area contributed by atoms with Crippen LogP contribution in [0.15, 0.2) is 41.3 Å². The second kappa shape index (κ2) is 8.16. The monoisotopic (exact) mass is 410 g/mol. The number of hydrogen-bond donors (Lipinski definition) is 1. The number of carboxylic acid groups (broad SMARTS) is 1. The Morgan fingerprint density at radius 3 is 2.41 bits per heavy atom. The van der Waals surface area contributed by atoms with Crippen LogP contribution in [0.5, 0.6) is 11.5 Å². The van der Waals surface area contributed by atoms with E-state index in [1.165, 1.54) is 50.6 Å². The molecular weight excluding hydrogens is 396 g/mol. The van der Waals surface area contributed by atoms with Crippen LogP contribution in [0.1, 0.15) is 5.56 Å². The third-order valence-electron chi connectivity index (χ3n) is 3.57. The zero-order chi connectivity index (χ0) is 20.2. The first-order chi connectivity index (χ1) is 12.7. The van der Waals surface area contributed by atoms with Crippen molar-refractivity contribution < 1.29 is 27.8 Å². The van der Waals surface area contributed by atoms with Gasteiger partial charge < -0.3 is 14.6 Å². The number of nitrogens with zero attached hydrogens (tertiary/aromatic N) is 2. The summed E-state index contributed by atoms with van der Waals surface area (Å²) >= 11 is 5.84. The average molecular weight is 411 g/mol. The minimum absolute atomic E-state index is 0.0761. The number of hydrogen-bond acceptors (Lipinski definition) is 6. The highest BCUT2D eigenvalue weighted by Gasteiger charge is 2.30. The molecule has 0 saturated carbocycles. The van der Waals surface area contributed by atoms with Crippen LogP contribution < -0.4 is 13.8 Å². The molecule has 0 amide bonds. The molecule has 0 unspecified atom stereocenters. The number of halogens is 1. The van der Waals surface area contributed by atoms with E-state index < -0.39 is 22.5 Å². The topological polar surface area (TPSA) is 117 Å². The first-order valence-corrected chi connectivity index (χ1v) is 9.22. The molecule has 2 rings (SSSR count). The van der Waals surface area contributed by atoms with Gasteiger partial charge in [0.1, 0.15) is 12.6 Å². The second-order valence-electron chi connectivity index (χ2n) is 5.20. The van der Waals surface area contributed by atoms with Crippen LogP contribution in [-0.2, 0) is 14.8 Å². The standard InChI is InChI=1S/C17H15ClN2O6S/c1-25-15-6-4-13(8-16(15)26-2)27(23,24)20(10-17(21)22)14-5-3-12(18)7-11(14)9-19/h3-8H,10H2,1-2H3,(H,21,22). The molecule has 142 valence electrons. The number of carbonyl (C=O) groups is 1. The van der Waals surface area contributed by atoms with E-state index in [2.05, 4.69) is 0 Å². The Labute approximate surface area is 161 Å². The molecule has 0 aromatic heterocycles. The largest absolute Gasteiger partial charge is 0.493 e. The van der Waals surface area contributed by atoms with E-state index in [0.717, 1.165) is 0 Å². The van der Waals surface area contributed by atoms with Crippen molar-refractivity contribution in [2.45, 2.75) is 4.90 Å². The Morgan fingerprint density at radius 1 is 1.19 bits per heavy atom. The first-order valence-electron chi connectivity index (χ1n) is 7.40. The zero-order valence-corrected chi connectivity index (χ0v) is 15.9. The van der Waals surface area contributed by atoms with Gasteiger partial charge in [-0.05, 0) is 30.3 Å². The number of rotatable bonds is 7. The number of anilines is 1. The summed E-state index contributed by atoms with van der Waals surface area (Å²) in [4.78, 5) is 11.1. The third kappa shape index (κ3) is 4.24. The Morgan fingerprint density at radius 2 is 1.85 bits per heavy atom. The molecule has 0 aliphatic heterocycles. The lowest BCUT2D eigenvalue weighted by molar-refractivity contribution is -0.135. The molecule has 0 bridgehead atoms. The lowest BCUT2D eigenvalue weighted by Gasteiger charge is -2.24. The number of nitriles is 1. The maximum atomic E-state index is 13.1. The van der Waals surface area contributed by atoms with Crippen molar-refractivity contribution in [3.8, 4) is 17.6 Å². The molecule has 2 aromatic rings. The lowest BCUT2D eigenvalue weighted by Crippen LogP contribution is -2.36. The smallest absolute Gasteiger partial charge is 0.324 e. The van der Waals surface area contributed by atoms with Gasteiger partial charge in [-0.1, -0.05) is 11.6 Å². The molecule has 0 aliphatic carbocycles. The first kappa shape index (κ1) is 20.4. The molecule has 2 aromatic carbocycles. The average Bonchev–Trinajstić information content (AvgIpc) is 2.65. The number of methoxy groups -OCH3 is 2. The van der Waals surface area contributed by atoms with Crippen molar-refractivity contribution in [2.24, 2.45) is 0 Å². The van der Waals surface area contributed by atoms with Crippen LogP contribution in [0.3, 0.4) is 0 Å². The summed E-state index contributed by atoms with van der Waals surface area (Å²) in [6.45, 7) is -0.882. The molecular formula is C17H15ClN2O6S. The Balaban J connectivity index is 2.66. The highest BCUT2D eigenvalue weighted by molar-refractivity contribution is 7.92. The summed E-state index contributed by atoms with van der Waals surface area (Å²) in [5.41, 5.74) is -0.174. The second-order valence-corrected chi connectivity index (χ2v) is 7.49. The fourth-order valence-corrected chi connectivity index (χ4v) is 3.96. The van der Waals surface area contributed by atoms with Crippen LogP contribution in [0.2, 0.25) is 5.02 Å². The van der Waals surface area contributed by atoms with E-state index in [-0.39, 0.29) is 26.9 Å². The van der Waals surface area contributed by atoms with Gasteiger partial charge in [-0.15, -0.1) is 0 Å². The van der Waals surface area contributed by atoms with Gasteiger partial charge in [-0.25, -0.2) is 8.42 Å². The summed E-state index contributed by atoms with van der Waals surface area (Å²) < 4.78 is 37.0. The summed E-state index contributed by atoms with van der Waals surface area (Å²) in [7, 11) is -1.59. The molecule has 0 atom stereocenters. The third-order valence-corrected chi connectivity index (χ3v) is 5.56. The number of sulfonamides is 1. The molecule has 27 heavy (non-hydrogen) atoms. The van der Waals surface area contributed by atoms with Gasteiger partial charge in [0.05, 0.1) is 30.4 Å². The van der Waals surface area contributed by atoms with Crippen molar-refractivity contribution in [3.05, 3.63) is 47.0 Å². The number of carboxylic acids is 1. The Bertz CT molecular complexity index is 1020. The van der Waals surface area contributed by atoms with Crippen molar-refractivity contribution in [3.63, 3.8) is 0 Å². The Hall–Kier alpha value is -2.96. The number of ether oxygens (including phenoxy) is 2. The van der Waals surface area contributed by atoms with Crippen LogP contribution in [0.4, 0.5) is 5.69 Å². The van der Waals surface area contributed by atoms with Gasteiger partial charge in [-0.2, -0.15) is 5.26 Å². The molecule has 0 aliphatic rings. The minimum Gasteiger partial charge on any atom is -0.493 e. The van der Waals surface area contributed by atoms with Crippen LogP contribution >= 0.6 is 11.6 Å². The van der Waals surface area contributed by atoms with E-state index in [1.54, 1.807) is 0 Å². The molecule has 0 radical (unpaired) electrons. The van der Waals surface area contributed by atoms with E-state index in [0.29, 0.717) is 10.1 Å². The van der Waals surface area contributed by atoms with E-state index in [1.807, 2.05) is 6.07 Å². The predicted octanol–water partition coefficient (Wildman–Crippen LogP) is 2.51. The molecule has 0 saturated heterocycles. The van der Waals surface area contributed by atoms with Crippen molar-refractivity contribution >= 4 is 33.3 Å². The zero-order valence-electron chi connectivity index (χ0n) is 14.3. The summed E-state index contributed by atoms with van der Waals surface area (Å²) in [5.74, 6) is -0.922. The summed E-state index contributed by atoms with van der Waals surface area (Å²) in [6.07, 6.45) is 0. The normalized spacial score (nSPS) is 10.7.